The lowest BCUT2D eigenvalue weighted by molar-refractivity contribution is -0.385. The molecule has 6 nitrogen and oxygen atoms in total. The number of hydrogen-bond donors (Lipinski definition) is 0. The van der Waals surface area contributed by atoms with Gasteiger partial charge in [0.25, 0.3) is 5.69 Å². The van der Waals surface area contributed by atoms with E-state index in [1.807, 2.05) is 0 Å². The molecule has 0 heterocycles. The molecule has 0 bridgehead atoms. The molecule has 98 valence electrons. The van der Waals surface area contributed by atoms with E-state index in [9.17, 15) is 19.3 Å². The Kier molecular flexibility index (Phi) is 5.04. The number of hydrogen-bond acceptors (Lipinski definition) is 5. The highest BCUT2D eigenvalue weighted by molar-refractivity contribution is 5.83. The second-order valence-corrected chi connectivity index (χ2v) is 3.33. The number of rotatable bonds is 7. The molecule has 0 aliphatic carbocycles. The first kappa shape index (κ1) is 13.9. The highest BCUT2D eigenvalue weighted by atomic mass is 19.1. The van der Waals surface area contributed by atoms with Crippen molar-refractivity contribution in [3.8, 4) is 11.5 Å². The second kappa shape index (κ2) is 6.53. The molecule has 18 heavy (non-hydrogen) atoms. The molecule has 0 radical (unpaired) electrons. The molecule has 0 aromatic heterocycles. The van der Waals surface area contributed by atoms with Crippen molar-refractivity contribution < 1.29 is 23.6 Å². The Bertz CT molecular complexity index is 449. The zero-order valence-electron chi connectivity index (χ0n) is 9.72. The number of carbonyl (C=O) groups excluding carboxylic acids is 1. The molecule has 1 aromatic rings. The van der Waals surface area contributed by atoms with Gasteiger partial charge in [0.05, 0.1) is 36.9 Å². The van der Waals surface area contributed by atoms with Crippen LogP contribution in [0.3, 0.4) is 0 Å². The zero-order valence-corrected chi connectivity index (χ0v) is 9.72. The standard InChI is InChI=1S/C11H12FNO5/c1-17-10-6-9(13(15)16)8(7-14)5-11(10)18-4-2-3-12/h5-7H,2-4H2,1H3. The predicted molar refractivity (Wildman–Crippen MR) is 61.1 cm³/mol. The van der Waals surface area contributed by atoms with Crippen molar-refractivity contribution >= 4 is 12.0 Å². The quantitative estimate of drug-likeness (QED) is 0.323. The molecule has 7 heteroatoms. The van der Waals surface area contributed by atoms with Crippen LogP contribution in [-0.2, 0) is 0 Å². The van der Waals surface area contributed by atoms with Gasteiger partial charge >= 0.3 is 0 Å². The van der Waals surface area contributed by atoms with E-state index in [1.54, 1.807) is 0 Å². The van der Waals surface area contributed by atoms with Gasteiger partial charge < -0.3 is 9.47 Å². The van der Waals surface area contributed by atoms with Crippen LogP contribution in [0.1, 0.15) is 16.8 Å². The van der Waals surface area contributed by atoms with Crippen molar-refractivity contribution in [3.63, 3.8) is 0 Å². The lowest BCUT2D eigenvalue weighted by atomic mass is 10.1. The van der Waals surface area contributed by atoms with Crippen molar-refractivity contribution in [1.82, 2.24) is 0 Å². The third-order valence-electron chi connectivity index (χ3n) is 2.17. The van der Waals surface area contributed by atoms with Crippen molar-refractivity contribution in [2.75, 3.05) is 20.4 Å². The average Bonchev–Trinajstić information content (AvgIpc) is 2.38. The number of carbonyl (C=O) groups is 1. The van der Waals surface area contributed by atoms with Crippen LogP contribution in [0.4, 0.5) is 10.1 Å². The Balaban J connectivity index is 3.09. The Labute approximate surface area is 102 Å². The van der Waals surface area contributed by atoms with Crippen LogP contribution in [-0.4, -0.2) is 31.6 Å². The summed E-state index contributed by atoms with van der Waals surface area (Å²) in [6, 6.07) is 2.32. The fourth-order valence-corrected chi connectivity index (χ4v) is 1.33. The van der Waals surface area contributed by atoms with Gasteiger partial charge in [0.1, 0.15) is 0 Å². The Morgan fingerprint density at radius 2 is 2.17 bits per heavy atom. The molecule has 0 fully saturated rings. The molecule has 0 N–H and O–H groups in total. The molecule has 0 saturated carbocycles. The Hall–Kier alpha value is -2.18. The largest absolute Gasteiger partial charge is 0.493 e. The molecule has 1 aromatic carbocycles. The average molecular weight is 257 g/mol. The number of aldehydes is 1. The highest BCUT2D eigenvalue weighted by Gasteiger charge is 2.19. The lowest BCUT2D eigenvalue weighted by Gasteiger charge is -2.10. The monoisotopic (exact) mass is 257 g/mol. The number of ether oxygens (including phenoxy) is 2. The second-order valence-electron chi connectivity index (χ2n) is 3.33. The van der Waals surface area contributed by atoms with Crippen LogP contribution < -0.4 is 9.47 Å². The van der Waals surface area contributed by atoms with Crippen LogP contribution in [0.2, 0.25) is 0 Å². The van der Waals surface area contributed by atoms with E-state index in [2.05, 4.69) is 0 Å². The van der Waals surface area contributed by atoms with Crippen LogP contribution in [0.25, 0.3) is 0 Å². The third kappa shape index (κ3) is 3.16. The topological polar surface area (TPSA) is 78.7 Å². The summed E-state index contributed by atoms with van der Waals surface area (Å²) in [5, 5.41) is 10.7. The van der Waals surface area contributed by atoms with Crippen molar-refractivity contribution in [2.45, 2.75) is 6.42 Å². The number of alkyl halides is 1. The third-order valence-corrected chi connectivity index (χ3v) is 2.17. The molecular formula is C11H12FNO5. The Morgan fingerprint density at radius 1 is 1.44 bits per heavy atom. The molecule has 0 atom stereocenters. The maximum atomic E-state index is 11.9. The van der Waals surface area contributed by atoms with Crippen LogP contribution in [0.15, 0.2) is 12.1 Å². The molecule has 0 saturated heterocycles. The summed E-state index contributed by atoms with van der Waals surface area (Å²) >= 11 is 0. The first-order valence-electron chi connectivity index (χ1n) is 5.14. The summed E-state index contributed by atoms with van der Waals surface area (Å²) in [6.45, 7) is -0.432. The fourth-order valence-electron chi connectivity index (χ4n) is 1.33. The summed E-state index contributed by atoms with van der Waals surface area (Å²) in [5.41, 5.74) is -0.476. The van der Waals surface area contributed by atoms with Crippen LogP contribution >= 0.6 is 0 Å². The van der Waals surface area contributed by atoms with Gasteiger partial charge in [-0.1, -0.05) is 0 Å². The van der Waals surface area contributed by atoms with E-state index in [0.29, 0.717) is 6.29 Å². The van der Waals surface area contributed by atoms with Crippen molar-refractivity contribution in [3.05, 3.63) is 27.8 Å². The number of nitro benzene ring substituents is 1. The minimum atomic E-state index is -0.683. The first-order valence-corrected chi connectivity index (χ1v) is 5.14. The summed E-state index contributed by atoms with van der Waals surface area (Å²) in [5.74, 6) is 0.310. The molecule has 0 aliphatic rings. The summed E-state index contributed by atoms with van der Waals surface area (Å²) in [4.78, 5) is 20.8. The van der Waals surface area contributed by atoms with E-state index in [0.717, 1.165) is 6.07 Å². The zero-order chi connectivity index (χ0) is 13.5. The SMILES string of the molecule is COc1cc([N+](=O)[O-])c(C=O)cc1OCCCF. The molecule has 0 amide bonds. The highest BCUT2D eigenvalue weighted by Crippen LogP contribution is 2.33. The maximum Gasteiger partial charge on any atom is 0.283 e. The number of nitrogens with zero attached hydrogens (tertiary/aromatic N) is 1. The van der Waals surface area contributed by atoms with Crippen molar-refractivity contribution in [1.29, 1.82) is 0 Å². The molecule has 0 aliphatic heterocycles. The smallest absolute Gasteiger partial charge is 0.283 e. The molecule has 0 unspecified atom stereocenters. The van der Waals surface area contributed by atoms with Gasteiger partial charge in [-0.3, -0.25) is 19.3 Å². The van der Waals surface area contributed by atoms with Gasteiger partial charge in [0.15, 0.2) is 17.8 Å². The number of nitro groups is 1. The summed E-state index contributed by atoms with van der Waals surface area (Å²) < 4.78 is 22.1. The van der Waals surface area contributed by atoms with Gasteiger partial charge in [0.2, 0.25) is 0 Å². The van der Waals surface area contributed by atoms with Crippen molar-refractivity contribution in [2.24, 2.45) is 0 Å². The van der Waals surface area contributed by atoms with Gasteiger partial charge in [-0.25, -0.2) is 0 Å². The summed E-state index contributed by atoms with van der Waals surface area (Å²) in [7, 11) is 1.32. The molecular weight excluding hydrogens is 245 g/mol. The van der Waals surface area contributed by atoms with Gasteiger partial charge in [-0.05, 0) is 0 Å². The minimum absolute atomic E-state index is 0.100. The van der Waals surface area contributed by atoms with Crippen LogP contribution in [0, 0.1) is 10.1 Å². The van der Waals surface area contributed by atoms with E-state index in [4.69, 9.17) is 9.47 Å². The van der Waals surface area contributed by atoms with Gasteiger partial charge in [-0.2, -0.15) is 0 Å². The number of methoxy groups -OCH3 is 1. The van der Waals surface area contributed by atoms with E-state index in [-0.39, 0.29) is 35.8 Å². The predicted octanol–water partition coefficient (Wildman–Crippen LogP) is 2.15. The normalized spacial score (nSPS) is 9.89. The van der Waals surface area contributed by atoms with E-state index in [1.165, 1.54) is 13.2 Å². The van der Waals surface area contributed by atoms with E-state index < -0.39 is 11.6 Å². The van der Waals surface area contributed by atoms with Crippen LogP contribution in [0.5, 0.6) is 11.5 Å². The number of halogens is 1. The fraction of sp³-hybridized carbons (Fsp3) is 0.364. The van der Waals surface area contributed by atoms with E-state index >= 15 is 0 Å². The molecule has 0 spiro atoms. The number of benzene rings is 1. The first-order chi connectivity index (χ1) is 8.63. The maximum absolute atomic E-state index is 11.9. The lowest BCUT2D eigenvalue weighted by Crippen LogP contribution is -2.02. The summed E-state index contributed by atoms with van der Waals surface area (Å²) in [6.07, 6.45) is 0.552. The molecule has 1 rings (SSSR count). The van der Waals surface area contributed by atoms with Gasteiger partial charge in [0, 0.05) is 12.5 Å². The minimum Gasteiger partial charge on any atom is -0.493 e. The van der Waals surface area contributed by atoms with Gasteiger partial charge in [-0.15, -0.1) is 0 Å². The Morgan fingerprint density at radius 3 is 2.67 bits per heavy atom.